The van der Waals surface area contributed by atoms with Crippen molar-refractivity contribution < 1.29 is 114 Å². The molecular formula is C70H86O24. The van der Waals surface area contributed by atoms with Crippen LogP contribution in [0, 0.1) is 5.92 Å². The van der Waals surface area contributed by atoms with Crippen molar-refractivity contribution in [3.8, 4) is 0 Å². The zero-order valence-electron chi connectivity index (χ0n) is 54.2. The van der Waals surface area contributed by atoms with Crippen molar-refractivity contribution in [3.63, 3.8) is 0 Å². The molecular weight excluding hydrogens is 1220 g/mol. The Kier molecular flexibility index (Phi) is 27.4. The maximum absolute atomic E-state index is 15.2. The molecule has 0 amide bonds. The van der Waals surface area contributed by atoms with Crippen LogP contribution in [0.1, 0.15) is 48.6 Å². The number of carbonyl (C=O) groups excluding carboxylic acids is 4. The van der Waals surface area contributed by atoms with Gasteiger partial charge in [-0.15, -0.1) is 0 Å². The van der Waals surface area contributed by atoms with Crippen LogP contribution in [0.4, 0.5) is 0 Å². The zero-order valence-corrected chi connectivity index (χ0v) is 54.2. The van der Waals surface area contributed by atoms with E-state index in [9.17, 15) is 14.4 Å². The largest absolute Gasteiger partial charge is 0.463 e. The molecule has 0 aliphatic carbocycles. The highest BCUT2D eigenvalue weighted by Crippen LogP contribution is 2.40. The summed E-state index contributed by atoms with van der Waals surface area (Å²) in [6.07, 6.45) is -24.6. The van der Waals surface area contributed by atoms with Crippen molar-refractivity contribution in [2.24, 2.45) is 5.92 Å². The molecule has 510 valence electrons. The molecule has 94 heavy (non-hydrogen) atoms. The molecule has 9 rings (SSSR count). The van der Waals surface area contributed by atoms with Crippen molar-refractivity contribution in [2.75, 3.05) is 55.9 Å². The first-order valence-corrected chi connectivity index (χ1v) is 31.2. The number of rotatable bonds is 31. The van der Waals surface area contributed by atoms with Gasteiger partial charge >= 0.3 is 23.9 Å². The van der Waals surface area contributed by atoms with E-state index in [0.717, 1.165) is 16.7 Å². The van der Waals surface area contributed by atoms with E-state index in [2.05, 4.69) is 0 Å². The van der Waals surface area contributed by atoms with Gasteiger partial charge in [0.1, 0.15) is 87.0 Å². The monoisotopic (exact) mass is 1310 g/mol. The third-order valence-corrected chi connectivity index (χ3v) is 16.6. The third kappa shape index (κ3) is 18.7. The summed E-state index contributed by atoms with van der Waals surface area (Å²) in [5, 5.41) is 0. The number of carbonyl (C=O) groups is 4. The Bertz CT molecular complexity index is 3060. The highest BCUT2D eigenvalue weighted by atomic mass is 16.8. The van der Waals surface area contributed by atoms with E-state index in [0.29, 0.717) is 11.1 Å². The molecule has 4 aliphatic rings. The van der Waals surface area contributed by atoms with Gasteiger partial charge in [0.25, 0.3) is 0 Å². The minimum absolute atomic E-state index is 0.0455. The predicted molar refractivity (Wildman–Crippen MR) is 330 cm³/mol. The summed E-state index contributed by atoms with van der Waals surface area (Å²) >= 11 is 0. The van der Waals surface area contributed by atoms with Crippen LogP contribution in [0.25, 0.3) is 0 Å². The quantitative estimate of drug-likeness (QED) is 0.0328. The van der Waals surface area contributed by atoms with Gasteiger partial charge in [0.05, 0.1) is 32.5 Å². The molecule has 4 saturated heterocycles. The second-order valence-electron chi connectivity index (χ2n) is 22.9. The SMILES string of the molecule is COC1C(OC)[C@H](O[C@H]2O[C@@H](COC(C)=O)[C@@H](O[C@@H]3OC(C(=O)OCc4ccccc4)[C@@H](C)[C@H](OC)C3OC)C(OC(C)=O)C2OCc2ccccc2)[C@H](C(=O)OCc2ccccc2)O[C@@H]1O[C@@H]1C(COCc2ccccc2)O[C@H](OC)C(OCc2ccccc2)[C@H]1OC. The van der Waals surface area contributed by atoms with Gasteiger partial charge in [0.15, 0.2) is 43.5 Å². The molecule has 24 heteroatoms. The lowest BCUT2D eigenvalue weighted by Gasteiger charge is -2.51. The standard InChI is InChI=1S/C70H86O24/c1-42-52(75-4)61(78-7)68(90-53(42)65(73)85-38-48-31-21-13-22-32-48)92-55-51(41-82-43(2)71)89-70(64(58(55)87-44(3)72)84-37-47-29-19-12-20-30-47)93-59-57(77-6)62(79-8)69(94-60(59)66(74)86-39-49-33-23-14-24-34-49)91-54-50(40-81-35-45-25-15-10-16-26-45)88-67(80-9)63(56(54)76-5)83-36-46-27-17-11-18-28-46/h10-34,42,50-64,67-70H,35-41H2,1-9H3/t42-,50?,51-,52-,53?,54+,55+,56-,57?,58?,59-,60+,61?,62?,63?,64?,67-,68-,69-,70+/m0/s1. The molecule has 4 heterocycles. The third-order valence-electron chi connectivity index (χ3n) is 16.6. The average Bonchev–Trinajstić information content (AvgIpc) is 0.773. The van der Waals surface area contributed by atoms with Crippen molar-refractivity contribution in [3.05, 3.63) is 179 Å². The second kappa shape index (κ2) is 35.9. The molecule has 5 aromatic carbocycles. The first kappa shape index (κ1) is 71.6. The maximum atomic E-state index is 15.2. The van der Waals surface area contributed by atoms with Gasteiger partial charge in [-0.05, 0) is 27.8 Å². The lowest BCUT2D eigenvalue weighted by molar-refractivity contribution is -0.390. The van der Waals surface area contributed by atoms with Crippen LogP contribution in [0.15, 0.2) is 152 Å². The molecule has 4 fully saturated rings. The predicted octanol–water partition coefficient (Wildman–Crippen LogP) is 6.77. The van der Waals surface area contributed by atoms with E-state index >= 15 is 4.79 Å². The fourth-order valence-electron chi connectivity index (χ4n) is 12.0. The molecule has 0 bridgehead atoms. The van der Waals surface area contributed by atoms with E-state index in [1.807, 2.05) is 127 Å². The van der Waals surface area contributed by atoms with Crippen molar-refractivity contribution >= 4 is 23.9 Å². The number of esters is 4. The van der Waals surface area contributed by atoms with Gasteiger partial charge in [-0.2, -0.15) is 0 Å². The smallest absolute Gasteiger partial charge is 0.338 e. The normalized spacial score (nSPS) is 31.0. The average molecular weight is 1310 g/mol. The molecule has 4 aliphatic heterocycles. The minimum atomic E-state index is -1.75. The second-order valence-corrected chi connectivity index (χ2v) is 22.9. The molecule has 0 saturated carbocycles. The van der Waals surface area contributed by atoms with Crippen LogP contribution >= 0.6 is 0 Å². The van der Waals surface area contributed by atoms with Crippen molar-refractivity contribution in [1.82, 2.24) is 0 Å². The van der Waals surface area contributed by atoms with Crippen LogP contribution in [-0.4, -0.2) is 196 Å². The Morgan fingerprint density at radius 3 is 1.17 bits per heavy atom. The number of benzene rings is 5. The number of hydrogen-bond donors (Lipinski definition) is 0. The molecule has 0 aromatic heterocycles. The number of hydrogen-bond acceptors (Lipinski definition) is 24. The van der Waals surface area contributed by atoms with Crippen LogP contribution in [0.2, 0.25) is 0 Å². The highest BCUT2D eigenvalue weighted by molar-refractivity contribution is 5.76. The summed E-state index contributed by atoms with van der Waals surface area (Å²) in [4.78, 5) is 55.8. The van der Waals surface area contributed by atoms with E-state index in [-0.39, 0.29) is 39.6 Å². The van der Waals surface area contributed by atoms with Crippen molar-refractivity contribution in [2.45, 2.75) is 171 Å². The van der Waals surface area contributed by atoms with E-state index in [1.54, 1.807) is 31.2 Å². The summed E-state index contributed by atoms with van der Waals surface area (Å²) in [5.41, 5.74) is 3.84. The lowest BCUT2D eigenvalue weighted by atomic mass is 9.90. The topological polar surface area (TPSA) is 253 Å². The van der Waals surface area contributed by atoms with Gasteiger partial charge in [0.2, 0.25) is 0 Å². The summed E-state index contributed by atoms with van der Waals surface area (Å²) < 4.78 is 128. The van der Waals surface area contributed by atoms with Gasteiger partial charge in [-0.3, -0.25) is 9.59 Å². The Labute approximate surface area is 547 Å². The summed E-state index contributed by atoms with van der Waals surface area (Å²) in [7, 11) is 8.66. The Hall–Kier alpha value is -6.66. The van der Waals surface area contributed by atoms with E-state index in [4.69, 9.17) is 94.7 Å². The Morgan fingerprint density at radius 1 is 0.340 bits per heavy atom. The fourth-order valence-corrected chi connectivity index (χ4v) is 12.0. The first-order chi connectivity index (χ1) is 45.7. The van der Waals surface area contributed by atoms with Gasteiger partial charge in [0, 0.05) is 62.4 Å². The fraction of sp³-hybridized carbons (Fsp3) is 0.514. The molecule has 0 radical (unpaired) electrons. The zero-order chi connectivity index (χ0) is 66.5. The number of methoxy groups -OCH3 is 6. The molecule has 20 atom stereocenters. The first-order valence-electron chi connectivity index (χ1n) is 31.2. The Morgan fingerprint density at radius 2 is 0.713 bits per heavy atom. The molecule has 24 nitrogen and oxygen atoms in total. The Balaban J connectivity index is 1.08. The highest BCUT2D eigenvalue weighted by Gasteiger charge is 2.60. The molecule has 0 N–H and O–H groups in total. The van der Waals surface area contributed by atoms with Gasteiger partial charge in [-0.1, -0.05) is 159 Å². The van der Waals surface area contributed by atoms with Crippen molar-refractivity contribution in [1.29, 1.82) is 0 Å². The number of ether oxygens (including phenoxy) is 20. The van der Waals surface area contributed by atoms with Gasteiger partial charge < -0.3 is 94.7 Å². The minimum Gasteiger partial charge on any atom is -0.463 e. The van der Waals surface area contributed by atoms with E-state index in [1.165, 1.54) is 56.5 Å². The molecule has 5 aromatic rings. The summed E-state index contributed by atoms with van der Waals surface area (Å²) in [6.45, 7) is 3.50. The summed E-state index contributed by atoms with van der Waals surface area (Å²) in [6, 6.07) is 46.3. The van der Waals surface area contributed by atoms with Crippen LogP contribution in [-0.2, 0) is 147 Å². The van der Waals surface area contributed by atoms with Crippen LogP contribution in [0.3, 0.4) is 0 Å². The van der Waals surface area contributed by atoms with Crippen LogP contribution < -0.4 is 0 Å². The molecule has 8 unspecified atom stereocenters. The van der Waals surface area contributed by atoms with Gasteiger partial charge in [-0.25, -0.2) is 9.59 Å². The molecule has 0 spiro atoms. The maximum Gasteiger partial charge on any atom is 0.338 e. The van der Waals surface area contributed by atoms with E-state index < -0.39 is 153 Å². The van der Waals surface area contributed by atoms with Crippen LogP contribution in [0.5, 0.6) is 0 Å². The summed E-state index contributed by atoms with van der Waals surface area (Å²) in [5.74, 6) is -3.82. The lowest BCUT2D eigenvalue weighted by Crippen LogP contribution is -2.69.